The molecule has 4 aromatic heterocycles. The molecule has 0 amide bonds. The highest BCUT2D eigenvalue weighted by atomic mass is 32.1. The first-order chi connectivity index (χ1) is 13.0. The average Bonchev–Trinajstić information content (AvgIpc) is 2.99. The minimum absolute atomic E-state index is 0.392. The lowest BCUT2D eigenvalue weighted by Crippen LogP contribution is -2.00. The van der Waals surface area contributed by atoms with E-state index in [1.807, 2.05) is 38.2 Å². The zero-order chi connectivity index (χ0) is 19.0. The summed E-state index contributed by atoms with van der Waals surface area (Å²) in [5, 5.41) is 12.5. The van der Waals surface area contributed by atoms with E-state index >= 15 is 0 Å². The lowest BCUT2D eigenvalue weighted by Gasteiger charge is -2.09. The molecule has 0 bridgehead atoms. The van der Waals surface area contributed by atoms with Crippen LogP contribution >= 0.6 is 11.3 Å². The van der Waals surface area contributed by atoms with Gasteiger partial charge in [-0.15, -0.1) is 16.4 Å². The first-order valence-corrected chi connectivity index (χ1v) is 9.62. The van der Waals surface area contributed by atoms with Crippen molar-refractivity contribution >= 4 is 34.0 Å². The Bertz CT molecular complexity index is 1120. The standard InChI is InChI=1S/C20H20N6S/c1-11(2)14-8-19(26-22-10-14)25-18-6-5-16-17(24-18)7-15(9-21-16)20-12(3)23-13(4)27-20/h5-11H,1-4H3,(H,24,25,26). The highest BCUT2D eigenvalue weighted by Gasteiger charge is 2.10. The molecule has 0 atom stereocenters. The van der Waals surface area contributed by atoms with Crippen LogP contribution < -0.4 is 5.32 Å². The number of fused-ring (bicyclic) bond motifs is 1. The van der Waals surface area contributed by atoms with Gasteiger partial charge in [0.2, 0.25) is 0 Å². The molecular formula is C20H20N6S. The molecule has 0 saturated carbocycles. The number of aryl methyl sites for hydroxylation is 2. The largest absolute Gasteiger partial charge is 0.323 e. The van der Waals surface area contributed by atoms with Crippen molar-refractivity contribution < 1.29 is 0 Å². The lowest BCUT2D eigenvalue weighted by atomic mass is 10.1. The van der Waals surface area contributed by atoms with Crippen LogP contribution in [0.3, 0.4) is 0 Å². The van der Waals surface area contributed by atoms with Crippen LogP contribution in [0.25, 0.3) is 21.5 Å². The van der Waals surface area contributed by atoms with Crippen molar-refractivity contribution in [1.82, 2.24) is 25.1 Å². The van der Waals surface area contributed by atoms with Gasteiger partial charge in [0.25, 0.3) is 0 Å². The number of nitrogens with one attached hydrogen (secondary N) is 1. The summed E-state index contributed by atoms with van der Waals surface area (Å²) in [6.45, 7) is 8.30. The van der Waals surface area contributed by atoms with Gasteiger partial charge in [0, 0.05) is 11.8 Å². The van der Waals surface area contributed by atoms with Crippen LogP contribution in [0, 0.1) is 13.8 Å². The fourth-order valence-electron chi connectivity index (χ4n) is 2.89. The van der Waals surface area contributed by atoms with Gasteiger partial charge in [0.15, 0.2) is 5.82 Å². The fourth-order valence-corrected chi connectivity index (χ4v) is 3.79. The van der Waals surface area contributed by atoms with E-state index < -0.39 is 0 Å². The van der Waals surface area contributed by atoms with Gasteiger partial charge in [-0.1, -0.05) is 13.8 Å². The minimum atomic E-state index is 0.392. The summed E-state index contributed by atoms with van der Waals surface area (Å²) in [6, 6.07) is 7.92. The van der Waals surface area contributed by atoms with Gasteiger partial charge in [-0.25, -0.2) is 9.97 Å². The van der Waals surface area contributed by atoms with Crippen molar-refractivity contribution in [3.8, 4) is 10.4 Å². The molecule has 0 radical (unpaired) electrons. The molecule has 4 rings (SSSR count). The predicted molar refractivity (Wildman–Crippen MR) is 110 cm³/mol. The van der Waals surface area contributed by atoms with Crippen LogP contribution in [0.5, 0.6) is 0 Å². The summed E-state index contributed by atoms with van der Waals surface area (Å²) in [7, 11) is 0. The molecular weight excluding hydrogens is 356 g/mol. The van der Waals surface area contributed by atoms with Crippen LogP contribution in [-0.4, -0.2) is 25.1 Å². The Morgan fingerprint density at radius 1 is 0.963 bits per heavy atom. The van der Waals surface area contributed by atoms with Crippen LogP contribution in [0.4, 0.5) is 11.6 Å². The second-order valence-corrected chi connectivity index (χ2v) is 7.96. The smallest absolute Gasteiger partial charge is 0.154 e. The molecule has 4 heterocycles. The lowest BCUT2D eigenvalue weighted by molar-refractivity contribution is 0.843. The third-order valence-electron chi connectivity index (χ3n) is 4.30. The number of hydrogen-bond acceptors (Lipinski definition) is 7. The second kappa shape index (κ2) is 7.00. The van der Waals surface area contributed by atoms with E-state index in [2.05, 4.69) is 45.4 Å². The highest BCUT2D eigenvalue weighted by molar-refractivity contribution is 7.15. The fraction of sp³-hybridized carbons (Fsp3) is 0.250. The molecule has 4 aromatic rings. The molecule has 0 aromatic carbocycles. The molecule has 1 N–H and O–H groups in total. The summed E-state index contributed by atoms with van der Waals surface area (Å²) >= 11 is 1.67. The molecule has 0 spiro atoms. The predicted octanol–water partition coefficient (Wildman–Crippen LogP) is 5.03. The first kappa shape index (κ1) is 17.5. The van der Waals surface area contributed by atoms with Gasteiger partial charge >= 0.3 is 0 Å². The summed E-state index contributed by atoms with van der Waals surface area (Å²) in [5.41, 5.74) is 4.87. The quantitative estimate of drug-likeness (QED) is 0.538. The SMILES string of the molecule is Cc1nc(C)c(-c2cnc3ccc(Nc4cc(C(C)C)cnn4)nc3c2)s1. The summed E-state index contributed by atoms with van der Waals surface area (Å²) in [6.07, 6.45) is 3.67. The Labute approximate surface area is 161 Å². The van der Waals surface area contributed by atoms with Crippen LogP contribution in [0.15, 0.2) is 36.7 Å². The number of rotatable bonds is 4. The number of thiazole rings is 1. The Hall–Kier alpha value is -2.93. The van der Waals surface area contributed by atoms with E-state index in [1.54, 1.807) is 17.5 Å². The molecule has 7 heteroatoms. The third-order valence-corrected chi connectivity index (χ3v) is 5.42. The number of aromatic nitrogens is 5. The molecule has 0 aliphatic carbocycles. The Balaban J connectivity index is 1.69. The summed E-state index contributed by atoms with van der Waals surface area (Å²) < 4.78 is 0. The molecule has 0 aliphatic heterocycles. The van der Waals surface area contributed by atoms with E-state index in [9.17, 15) is 0 Å². The maximum Gasteiger partial charge on any atom is 0.154 e. The molecule has 136 valence electrons. The minimum Gasteiger partial charge on any atom is -0.323 e. The van der Waals surface area contributed by atoms with Gasteiger partial charge in [-0.3, -0.25) is 4.98 Å². The summed E-state index contributed by atoms with van der Waals surface area (Å²) in [5.74, 6) is 1.79. The first-order valence-electron chi connectivity index (χ1n) is 8.80. The van der Waals surface area contributed by atoms with Crippen molar-refractivity contribution in [3.05, 3.63) is 52.9 Å². The summed E-state index contributed by atoms with van der Waals surface area (Å²) in [4.78, 5) is 14.9. The maximum atomic E-state index is 4.71. The molecule has 6 nitrogen and oxygen atoms in total. The normalized spacial score (nSPS) is 11.3. The third kappa shape index (κ3) is 3.64. The number of hydrogen-bond donors (Lipinski definition) is 1. The van der Waals surface area contributed by atoms with Crippen molar-refractivity contribution in [1.29, 1.82) is 0 Å². The van der Waals surface area contributed by atoms with Crippen molar-refractivity contribution in [2.75, 3.05) is 5.32 Å². The molecule has 0 aliphatic rings. The Morgan fingerprint density at radius 3 is 2.56 bits per heavy atom. The van der Waals surface area contributed by atoms with E-state index in [4.69, 9.17) is 4.98 Å². The second-order valence-electron chi connectivity index (χ2n) is 6.76. The van der Waals surface area contributed by atoms with Gasteiger partial charge in [0.1, 0.15) is 5.82 Å². The zero-order valence-corrected chi connectivity index (χ0v) is 16.5. The zero-order valence-electron chi connectivity index (χ0n) is 15.7. The highest BCUT2D eigenvalue weighted by Crippen LogP contribution is 2.31. The Morgan fingerprint density at radius 2 is 1.81 bits per heavy atom. The van der Waals surface area contributed by atoms with Crippen LogP contribution in [0.1, 0.15) is 36.0 Å². The van der Waals surface area contributed by atoms with Gasteiger partial charge < -0.3 is 5.32 Å². The number of anilines is 2. The van der Waals surface area contributed by atoms with Crippen LogP contribution in [0.2, 0.25) is 0 Å². The van der Waals surface area contributed by atoms with Gasteiger partial charge in [-0.2, -0.15) is 5.10 Å². The van der Waals surface area contributed by atoms with E-state index in [0.717, 1.165) is 37.7 Å². The van der Waals surface area contributed by atoms with Crippen molar-refractivity contribution in [2.24, 2.45) is 0 Å². The van der Waals surface area contributed by atoms with Crippen LogP contribution in [-0.2, 0) is 0 Å². The van der Waals surface area contributed by atoms with E-state index in [1.165, 1.54) is 0 Å². The van der Waals surface area contributed by atoms with Crippen molar-refractivity contribution in [3.63, 3.8) is 0 Å². The number of nitrogens with zero attached hydrogens (tertiary/aromatic N) is 5. The Kier molecular flexibility index (Phi) is 4.53. The monoisotopic (exact) mass is 376 g/mol. The van der Waals surface area contributed by atoms with Gasteiger partial charge in [0.05, 0.1) is 32.8 Å². The maximum absolute atomic E-state index is 4.71. The van der Waals surface area contributed by atoms with Crippen molar-refractivity contribution in [2.45, 2.75) is 33.6 Å². The topological polar surface area (TPSA) is 76.5 Å². The molecule has 27 heavy (non-hydrogen) atoms. The average molecular weight is 376 g/mol. The molecule has 0 fully saturated rings. The van der Waals surface area contributed by atoms with E-state index in [0.29, 0.717) is 17.6 Å². The number of pyridine rings is 2. The van der Waals surface area contributed by atoms with E-state index in [-0.39, 0.29) is 0 Å². The van der Waals surface area contributed by atoms with Gasteiger partial charge in [-0.05, 0) is 49.6 Å². The molecule has 0 saturated heterocycles. The molecule has 0 unspecified atom stereocenters.